The van der Waals surface area contributed by atoms with Crippen LogP contribution in [0.25, 0.3) is 10.8 Å². The number of nitrogens with zero attached hydrogens (tertiary/aromatic N) is 1. The third kappa shape index (κ3) is 4.22. The van der Waals surface area contributed by atoms with Gasteiger partial charge < -0.3 is 9.47 Å². The SMILES string of the molecule is COC(=O)CN(c1cccc(C(=O)OC)c1)S(=O)(=O)c1ccc2ccccc2c1. The van der Waals surface area contributed by atoms with Gasteiger partial charge >= 0.3 is 11.9 Å². The Hall–Kier alpha value is -3.39. The number of anilines is 1. The topological polar surface area (TPSA) is 90.0 Å². The number of carbonyl (C=O) groups excluding carboxylic acids is 2. The molecule has 3 aromatic carbocycles. The summed E-state index contributed by atoms with van der Waals surface area (Å²) in [6.07, 6.45) is 0. The van der Waals surface area contributed by atoms with Crippen molar-refractivity contribution in [2.75, 3.05) is 25.1 Å². The predicted octanol–water partition coefficient (Wildman–Crippen LogP) is 2.99. The molecule has 0 unspecified atom stereocenters. The molecule has 7 nitrogen and oxygen atoms in total. The van der Waals surface area contributed by atoms with Gasteiger partial charge in [0, 0.05) is 0 Å². The molecule has 0 atom stereocenters. The number of esters is 2. The van der Waals surface area contributed by atoms with Crippen LogP contribution in [0.1, 0.15) is 10.4 Å². The summed E-state index contributed by atoms with van der Waals surface area (Å²) in [5.74, 6) is -1.36. The fourth-order valence-electron chi connectivity index (χ4n) is 2.86. The third-order valence-electron chi connectivity index (χ3n) is 4.36. The van der Waals surface area contributed by atoms with E-state index in [1.165, 1.54) is 44.6 Å². The lowest BCUT2D eigenvalue weighted by molar-refractivity contribution is -0.138. The monoisotopic (exact) mass is 413 g/mol. The molecule has 0 saturated carbocycles. The molecule has 0 spiro atoms. The van der Waals surface area contributed by atoms with Crippen molar-refractivity contribution in [3.63, 3.8) is 0 Å². The minimum atomic E-state index is -4.12. The summed E-state index contributed by atoms with van der Waals surface area (Å²) in [4.78, 5) is 23.8. The summed E-state index contributed by atoms with van der Waals surface area (Å²) in [5, 5.41) is 1.63. The largest absolute Gasteiger partial charge is 0.468 e. The summed E-state index contributed by atoms with van der Waals surface area (Å²) in [5.41, 5.74) is 0.306. The standard InChI is InChI=1S/C21H19NO6S/c1-27-20(23)14-22(18-9-5-8-17(12-18)21(24)28-2)29(25,26)19-11-10-15-6-3-4-7-16(15)13-19/h3-13H,14H2,1-2H3. The fourth-order valence-corrected chi connectivity index (χ4v) is 4.29. The van der Waals surface area contributed by atoms with E-state index < -0.39 is 28.5 Å². The van der Waals surface area contributed by atoms with E-state index in [9.17, 15) is 18.0 Å². The Morgan fingerprint density at radius 1 is 0.862 bits per heavy atom. The second kappa shape index (κ2) is 8.32. The van der Waals surface area contributed by atoms with Crippen LogP contribution in [-0.2, 0) is 24.3 Å². The number of benzene rings is 3. The van der Waals surface area contributed by atoms with E-state index in [-0.39, 0.29) is 16.1 Å². The Labute approximate surface area is 168 Å². The van der Waals surface area contributed by atoms with Crippen LogP contribution >= 0.6 is 0 Å². The van der Waals surface area contributed by atoms with Crippen molar-refractivity contribution in [1.29, 1.82) is 0 Å². The number of methoxy groups -OCH3 is 2. The molecule has 0 amide bonds. The second-order valence-corrected chi connectivity index (χ2v) is 8.00. The van der Waals surface area contributed by atoms with Crippen molar-refractivity contribution >= 4 is 38.4 Å². The summed E-state index contributed by atoms with van der Waals surface area (Å²) >= 11 is 0. The highest BCUT2D eigenvalue weighted by atomic mass is 32.2. The molecule has 0 radical (unpaired) electrons. The van der Waals surface area contributed by atoms with Gasteiger partial charge in [-0.15, -0.1) is 0 Å². The summed E-state index contributed by atoms with van der Waals surface area (Å²) in [6, 6.07) is 17.9. The molecule has 0 aliphatic rings. The Morgan fingerprint density at radius 2 is 1.59 bits per heavy atom. The van der Waals surface area contributed by atoms with Gasteiger partial charge in [-0.25, -0.2) is 13.2 Å². The first-order valence-corrected chi connectivity index (χ1v) is 10.1. The zero-order valence-electron chi connectivity index (χ0n) is 15.9. The zero-order valence-corrected chi connectivity index (χ0v) is 16.7. The van der Waals surface area contributed by atoms with Gasteiger partial charge in [-0.3, -0.25) is 9.10 Å². The third-order valence-corrected chi connectivity index (χ3v) is 6.13. The molecule has 0 fully saturated rings. The zero-order chi connectivity index (χ0) is 21.0. The van der Waals surface area contributed by atoms with Gasteiger partial charge in [-0.2, -0.15) is 0 Å². The normalized spacial score (nSPS) is 11.1. The molecular weight excluding hydrogens is 394 g/mol. The quantitative estimate of drug-likeness (QED) is 0.577. The van der Waals surface area contributed by atoms with E-state index in [1.54, 1.807) is 18.2 Å². The lowest BCUT2D eigenvalue weighted by atomic mass is 10.1. The van der Waals surface area contributed by atoms with Crippen molar-refractivity contribution in [1.82, 2.24) is 0 Å². The Morgan fingerprint density at radius 3 is 2.28 bits per heavy atom. The van der Waals surface area contributed by atoms with Gasteiger partial charge in [-0.1, -0.05) is 36.4 Å². The van der Waals surface area contributed by atoms with Crippen molar-refractivity contribution < 1.29 is 27.5 Å². The van der Waals surface area contributed by atoms with Crippen molar-refractivity contribution in [3.8, 4) is 0 Å². The molecule has 8 heteroatoms. The molecular formula is C21H19NO6S. The minimum Gasteiger partial charge on any atom is -0.468 e. The van der Waals surface area contributed by atoms with Gasteiger partial charge in [-0.05, 0) is 41.1 Å². The molecule has 0 saturated heterocycles. The summed E-state index contributed by atoms with van der Waals surface area (Å²) in [6.45, 7) is -0.545. The number of rotatable bonds is 6. The van der Waals surface area contributed by atoms with Crippen molar-refractivity contribution in [2.45, 2.75) is 4.90 Å². The van der Waals surface area contributed by atoms with E-state index in [4.69, 9.17) is 4.74 Å². The van der Waals surface area contributed by atoms with Gasteiger partial charge in [0.25, 0.3) is 10.0 Å². The van der Waals surface area contributed by atoms with Gasteiger partial charge in [0.05, 0.1) is 30.4 Å². The van der Waals surface area contributed by atoms with E-state index in [2.05, 4.69) is 4.74 Å². The molecule has 3 rings (SSSR count). The lowest BCUT2D eigenvalue weighted by Crippen LogP contribution is -2.36. The molecule has 0 aliphatic carbocycles. The smallest absolute Gasteiger partial charge is 0.337 e. The Kier molecular flexibility index (Phi) is 5.84. The van der Waals surface area contributed by atoms with Crippen LogP contribution in [0.15, 0.2) is 71.6 Å². The molecule has 3 aromatic rings. The summed E-state index contributed by atoms with van der Waals surface area (Å²) in [7, 11) is -1.72. The molecule has 0 N–H and O–H groups in total. The van der Waals surface area contributed by atoms with Crippen LogP contribution in [0.5, 0.6) is 0 Å². The molecule has 0 bridgehead atoms. The summed E-state index contributed by atoms with van der Waals surface area (Å²) < 4.78 is 37.0. The first-order valence-electron chi connectivity index (χ1n) is 8.63. The second-order valence-electron chi connectivity index (χ2n) is 6.14. The van der Waals surface area contributed by atoms with Crippen molar-refractivity contribution in [3.05, 3.63) is 72.3 Å². The Balaban J connectivity index is 2.12. The highest BCUT2D eigenvalue weighted by Gasteiger charge is 2.28. The fraction of sp³-hybridized carbons (Fsp3) is 0.143. The maximum atomic E-state index is 13.4. The van der Waals surface area contributed by atoms with Crippen LogP contribution < -0.4 is 4.31 Å². The van der Waals surface area contributed by atoms with E-state index >= 15 is 0 Å². The van der Waals surface area contributed by atoms with Crippen LogP contribution in [0.3, 0.4) is 0 Å². The molecule has 29 heavy (non-hydrogen) atoms. The minimum absolute atomic E-state index is 0.0172. The number of sulfonamides is 1. The van der Waals surface area contributed by atoms with Crippen LogP contribution in [-0.4, -0.2) is 41.1 Å². The molecule has 0 aliphatic heterocycles. The lowest BCUT2D eigenvalue weighted by Gasteiger charge is -2.24. The molecule has 0 aromatic heterocycles. The van der Waals surface area contributed by atoms with Gasteiger partial charge in [0.15, 0.2) is 0 Å². The van der Waals surface area contributed by atoms with Crippen LogP contribution in [0, 0.1) is 0 Å². The number of fused-ring (bicyclic) bond motifs is 1. The van der Waals surface area contributed by atoms with E-state index in [0.29, 0.717) is 0 Å². The average Bonchev–Trinajstić information content (AvgIpc) is 2.76. The molecule has 150 valence electrons. The van der Waals surface area contributed by atoms with Gasteiger partial charge in [0.2, 0.25) is 0 Å². The Bertz CT molecular complexity index is 1170. The van der Waals surface area contributed by atoms with Crippen molar-refractivity contribution in [2.24, 2.45) is 0 Å². The number of ether oxygens (including phenoxy) is 2. The number of carbonyl (C=O) groups is 2. The number of hydrogen-bond donors (Lipinski definition) is 0. The molecule has 0 heterocycles. The number of hydrogen-bond acceptors (Lipinski definition) is 6. The average molecular weight is 413 g/mol. The van der Waals surface area contributed by atoms with Crippen LogP contribution in [0.4, 0.5) is 5.69 Å². The highest BCUT2D eigenvalue weighted by molar-refractivity contribution is 7.92. The van der Waals surface area contributed by atoms with Crippen LogP contribution in [0.2, 0.25) is 0 Å². The first kappa shape index (κ1) is 20.3. The van der Waals surface area contributed by atoms with E-state index in [0.717, 1.165) is 15.1 Å². The van der Waals surface area contributed by atoms with Gasteiger partial charge in [0.1, 0.15) is 6.54 Å². The predicted molar refractivity (Wildman–Crippen MR) is 108 cm³/mol. The maximum absolute atomic E-state index is 13.4. The maximum Gasteiger partial charge on any atom is 0.337 e. The first-order chi connectivity index (χ1) is 13.9. The highest BCUT2D eigenvalue weighted by Crippen LogP contribution is 2.27. The van der Waals surface area contributed by atoms with E-state index in [1.807, 2.05) is 18.2 Å².